The highest BCUT2D eigenvalue weighted by molar-refractivity contribution is 7.74. The summed E-state index contributed by atoms with van der Waals surface area (Å²) in [5, 5.41) is 8.40. The van der Waals surface area contributed by atoms with Gasteiger partial charge in [0, 0.05) is 0 Å². The lowest BCUT2D eigenvalue weighted by Gasteiger charge is -2.06. The van der Waals surface area contributed by atoms with Crippen LogP contribution < -0.4 is 0 Å². The minimum Gasteiger partial charge on any atom is -0.750 e. The molecule has 0 saturated heterocycles. The van der Waals surface area contributed by atoms with Crippen LogP contribution in [0.4, 0.5) is 0 Å². The van der Waals surface area contributed by atoms with Gasteiger partial charge in [-0.05, 0) is 6.92 Å². The Morgan fingerprint density at radius 1 is 2.00 bits per heavy atom. The standard InChI is InChI=1S/C3H8O4S/c1-3(4)2-7-8(5)6/h3-4H,2H2,1H3,(H,5,6)/p-1. The van der Waals surface area contributed by atoms with Crippen LogP contribution in [0.25, 0.3) is 0 Å². The van der Waals surface area contributed by atoms with Crippen molar-refractivity contribution in [3.8, 4) is 0 Å². The highest BCUT2D eigenvalue weighted by Gasteiger charge is 1.92. The third kappa shape index (κ3) is 6.03. The number of rotatable bonds is 3. The summed E-state index contributed by atoms with van der Waals surface area (Å²) in [6.45, 7) is 1.27. The van der Waals surface area contributed by atoms with Crippen LogP contribution in [0.2, 0.25) is 0 Å². The Morgan fingerprint density at radius 3 is 2.62 bits per heavy atom. The molecule has 0 saturated carbocycles. The van der Waals surface area contributed by atoms with E-state index < -0.39 is 17.5 Å². The van der Waals surface area contributed by atoms with E-state index in [9.17, 15) is 8.76 Å². The summed E-state index contributed by atoms with van der Waals surface area (Å²) in [5.41, 5.74) is 0. The molecule has 0 rings (SSSR count). The molecule has 5 heteroatoms. The van der Waals surface area contributed by atoms with Crippen LogP contribution in [0.5, 0.6) is 0 Å². The van der Waals surface area contributed by atoms with Crippen LogP contribution in [0.3, 0.4) is 0 Å². The predicted molar refractivity (Wildman–Crippen MR) is 26.6 cm³/mol. The van der Waals surface area contributed by atoms with Gasteiger partial charge in [0.15, 0.2) is 0 Å². The quantitative estimate of drug-likeness (QED) is 0.518. The highest BCUT2D eigenvalue weighted by atomic mass is 32.2. The third-order valence-corrected chi connectivity index (χ3v) is 0.734. The first-order valence-corrected chi connectivity index (χ1v) is 3.03. The van der Waals surface area contributed by atoms with Crippen molar-refractivity contribution in [2.75, 3.05) is 6.61 Å². The van der Waals surface area contributed by atoms with Gasteiger partial charge >= 0.3 is 0 Å². The van der Waals surface area contributed by atoms with Crippen molar-refractivity contribution in [2.24, 2.45) is 0 Å². The average Bonchev–Trinajstić information content (AvgIpc) is 1.61. The molecule has 2 unspecified atom stereocenters. The molecule has 0 aliphatic carbocycles. The summed E-state index contributed by atoms with van der Waals surface area (Å²) in [6, 6.07) is 0. The summed E-state index contributed by atoms with van der Waals surface area (Å²) in [5.74, 6) is 0. The highest BCUT2D eigenvalue weighted by Crippen LogP contribution is 1.83. The molecule has 1 N–H and O–H groups in total. The molecule has 0 heterocycles. The first-order valence-electron chi connectivity index (χ1n) is 2.03. The number of aliphatic hydroxyl groups is 1. The van der Waals surface area contributed by atoms with Crippen molar-refractivity contribution in [1.82, 2.24) is 0 Å². The first-order chi connectivity index (χ1) is 3.63. The average molecular weight is 139 g/mol. The van der Waals surface area contributed by atoms with Gasteiger partial charge in [-0.2, -0.15) is 0 Å². The molecule has 0 spiro atoms. The second-order valence-electron chi connectivity index (χ2n) is 1.34. The van der Waals surface area contributed by atoms with E-state index in [1.54, 1.807) is 0 Å². The molecule has 4 nitrogen and oxygen atoms in total. The Balaban J connectivity index is 3.05. The van der Waals surface area contributed by atoms with E-state index in [4.69, 9.17) is 5.11 Å². The van der Waals surface area contributed by atoms with Gasteiger partial charge in [-0.1, -0.05) is 0 Å². The first kappa shape index (κ1) is 8.03. The van der Waals surface area contributed by atoms with E-state index in [-0.39, 0.29) is 6.61 Å². The molecular weight excluding hydrogens is 132 g/mol. The summed E-state index contributed by atoms with van der Waals surface area (Å²) >= 11 is -2.50. The number of hydrogen-bond acceptors (Lipinski definition) is 4. The molecule has 0 aliphatic heterocycles. The van der Waals surface area contributed by atoms with E-state index in [1.807, 2.05) is 0 Å². The van der Waals surface area contributed by atoms with Crippen LogP contribution in [0, 0.1) is 0 Å². The molecule has 0 aliphatic rings. The second kappa shape index (κ2) is 3.96. The van der Waals surface area contributed by atoms with Gasteiger partial charge in [-0.15, -0.1) is 0 Å². The van der Waals surface area contributed by atoms with Crippen LogP contribution >= 0.6 is 0 Å². The van der Waals surface area contributed by atoms with E-state index in [1.165, 1.54) is 6.92 Å². The molecule has 0 bridgehead atoms. The van der Waals surface area contributed by atoms with Crippen molar-refractivity contribution >= 4 is 11.4 Å². The molecule has 0 fully saturated rings. The molecule has 0 aromatic rings. The van der Waals surface area contributed by atoms with E-state index in [2.05, 4.69) is 4.18 Å². The zero-order chi connectivity index (χ0) is 6.57. The Bertz CT molecular complexity index is 81.4. The molecule has 0 amide bonds. The fraction of sp³-hybridized carbons (Fsp3) is 1.00. The molecule has 0 aromatic heterocycles. The fourth-order valence-corrected chi connectivity index (χ4v) is 0.462. The van der Waals surface area contributed by atoms with Crippen molar-refractivity contribution in [3.05, 3.63) is 0 Å². The summed E-state index contributed by atoms with van der Waals surface area (Å²) < 4.78 is 23.1. The summed E-state index contributed by atoms with van der Waals surface area (Å²) in [7, 11) is 0. The monoisotopic (exact) mass is 139 g/mol. The molecule has 0 aromatic carbocycles. The van der Waals surface area contributed by atoms with Gasteiger partial charge in [0.1, 0.15) is 0 Å². The van der Waals surface area contributed by atoms with Gasteiger partial charge in [0.05, 0.1) is 24.1 Å². The van der Waals surface area contributed by atoms with E-state index in [0.29, 0.717) is 0 Å². The van der Waals surface area contributed by atoms with Crippen molar-refractivity contribution in [1.29, 1.82) is 0 Å². The minimum absolute atomic E-state index is 0.171. The van der Waals surface area contributed by atoms with Crippen LogP contribution in [0.1, 0.15) is 6.92 Å². The van der Waals surface area contributed by atoms with E-state index >= 15 is 0 Å². The minimum atomic E-state index is -2.50. The van der Waals surface area contributed by atoms with Crippen molar-refractivity contribution in [3.63, 3.8) is 0 Å². The maximum atomic E-state index is 9.57. The summed E-state index contributed by atoms with van der Waals surface area (Å²) in [4.78, 5) is 0. The lowest BCUT2D eigenvalue weighted by molar-refractivity contribution is 0.123. The molecule has 50 valence electrons. The van der Waals surface area contributed by atoms with Crippen LogP contribution in [-0.4, -0.2) is 26.6 Å². The molecule has 0 radical (unpaired) electrons. The second-order valence-corrected chi connectivity index (χ2v) is 1.98. The van der Waals surface area contributed by atoms with Crippen molar-refractivity contribution in [2.45, 2.75) is 13.0 Å². The number of aliphatic hydroxyl groups excluding tert-OH is 1. The van der Waals surface area contributed by atoms with Gasteiger partial charge in [0.2, 0.25) is 0 Å². The number of hydrogen-bond donors (Lipinski definition) is 1. The molecular formula is C3H7O4S-. The lowest BCUT2D eigenvalue weighted by atomic mass is 10.5. The topological polar surface area (TPSA) is 69.6 Å². The Morgan fingerprint density at radius 2 is 2.50 bits per heavy atom. The molecule has 8 heavy (non-hydrogen) atoms. The summed E-state index contributed by atoms with van der Waals surface area (Å²) in [6.07, 6.45) is -0.729. The Hall–Kier alpha value is 0.0300. The van der Waals surface area contributed by atoms with Gasteiger partial charge in [-0.3, -0.25) is 4.18 Å². The lowest BCUT2D eigenvalue weighted by Crippen LogP contribution is -2.11. The van der Waals surface area contributed by atoms with Crippen molar-refractivity contribution < 1.29 is 18.1 Å². The Kier molecular flexibility index (Phi) is 3.98. The normalized spacial score (nSPS) is 17.9. The maximum absolute atomic E-state index is 9.57. The Labute approximate surface area is 50.0 Å². The smallest absolute Gasteiger partial charge is 0.0885 e. The zero-order valence-electron chi connectivity index (χ0n) is 4.36. The van der Waals surface area contributed by atoms with Gasteiger partial charge < -0.3 is 9.66 Å². The maximum Gasteiger partial charge on any atom is 0.0885 e. The van der Waals surface area contributed by atoms with Gasteiger partial charge in [-0.25, -0.2) is 4.21 Å². The van der Waals surface area contributed by atoms with E-state index in [0.717, 1.165) is 0 Å². The third-order valence-electron chi connectivity index (χ3n) is 0.405. The SMILES string of the molecule is CC(O)COS(=O)[O-]. The zero-order valence-corrected chi connectivity index (χ0v) is 5.18. The predicted octanol–water partition coefficient (Wildman–Crippen LogP) is -0.822. The largest absolute Gasteiger partial charge is 0.750 e. The van der Waals surface area contributed by atoms with Crippen LogP contribution in [0.15, 0.2) is 0 Å². The van der Waals surface area contributed by atoms with Gasteiger partial charge in [0.25, 0.3) is 0 Å². The molecule has 2 atom stereocenters. The fourth-order valence-electron chi connectivity index (χ4n) is 0.154. The van der Waals surface area contributed by atoms with Crippen LogP contribution in [-0.2, 0) is 15.5 Å².